The molecule has 3 heterocycles. The van der Waals surface area contributed by atoms with Gasteiger partial charge in [-0.15, -0.1) is 0 Å². The van der Waals surface area contributed by atoms with Crippen LogP contribution in [0.5, 0.6) is 0 Å². The molecule has 0 atom stereocenters. The maximum absolute atomic E-state index is 11.6. The molecule has 2 aromatic heterocycles. The van der Waals surface area contributed by atoms with Crippen LogP contribution >= 0.6 is 0 Å². The van der Waals surface area contributed by atoms with Crippen LogP contribution in [0.15, 0.2) is 6.20 Å². The van der Waals surface area contributed by atoms with Crippen molar-refractivity contribution in [2.24, 2.45) is 5.92 Å². The first kappa shape index (κ1) is 12.0. The predicted molar refractivity (Wildman–Crippen MR) is 70.5 cm³/mol. The molecule has 0 saturated carbocycles. The van der Waals surface area contributed by atoms with Gasteiger partial charge < -0.3 is 10.5 Å². The van der Waals surface area contributed by atoms with Gasteiger partial charge in [0, 0.05) is 6.54 Å². The smallest absolute Gasteiger partial charge is 0.342 e. The van der Waals surface area contributed by atoms with E-state index in [-0.39, 0.29) is 6.61 Å². The standard InChI is InChI=1S/C13H16N4O2/c1-7(2)3-4-17-12-8(5-15-17)11(14)10-9(16-12)6-19-13(10)18/h5,7H,3-4,6H2,1-2H3,(H2,14,16). The maximum atomic E-state index is 11.6. The monoisotopic (exact) mass is 260 g/mol. The average molecular weight is 260 g/mol. The number of pyridine rings is 1. The van der Waals surface area contributed by atoms with E-state index in [1.54, 1.807) is 6.20 Å². The number of hydrogen-bond acceptors (Lipinski definition) is 5. The van der Waals surface area contributed by atoms with Crippen LogP contribution in [-0.2, 0) is 17.9 Å². The zero-order valence-electron chi connectivity index (χ0n) is 11.0. The minimum Gasteiger partial charge on any atom is -0.455 e. The molecule has 1 aliphatic rings. The zero-order chi connectivity index (χ0) is 13.6. The van der Waals surface area contributed by atoms with Crippen LogP contribution < -0.4 is 5.73 Å². The molecule has 0 bridgehead atoms. The number of aryl methyl sites for hydroxylation is 1. The summed E-state index contributed by atoms with van der Waals surface area (Å²) >= 11 is 0. The zero-order valence-corrected chi connectivity index (χ0v) is 11.0. The van der Waals surface area contributed by atoms with Crippen molar-refractivity contribution in [3.63, 3.8) is 0 Å². The summed E-state index contributed by atoms with van der Waals surface area (Å²) < 4.78 is 6.81. The second kappa shape index (κ2) is 4.22. The lowest BCUT2D eigenvalue weighted by molar-refractivity contribution is 0.0534. The third kappa shape index (κ3) is 1.83. The highest BCUT2D eigenvalue weighted by atomic mass is 16.5. The van der Waals surface area contributed by atoms with Crippen LogP contribution in [0.4, 0.5) is 5.69 Å². The van der Waals surface area contributed by atoms with Gasteiger partial charge in [0.1, 0.15) is 12.2 Å². The number of nitrogen functional groups attached to an aromatic ring is 1. The molecule has 0 fully saturated rings. The van der Waals surface area contributed by atoms with Crippen molar-refractivity contribution < 1.29 is 9.53 Å². The van der Waals surface area contributed by atoms with Crippen LogP contribution in [0.25, 0.3) is 11.0 Å². The molecule has 0 unspecified atom stereocenters. The first-order valence-corrected chi connectivity index (χ1v) is 6.39. The van der Waals surface area contributed by atoms with E-state index in [1.165, 1.54) is 0 Å². The Bertz CT molecular complexity index is 660. The number of hydrogen-bond donors (Lipinski definition) is 1. The number of nitrogens with zero attached hydrogens (tertiary/aromatic N) is 3. The van der Waals surface area contributed by atoms with Gasteiger partial charge >= 0.3 is 5.97 Å². The van der Waals surface area contributed by atoms with E-state index < -0.39 is 5.97 Å². The maximum Gasteiger partial charge on any atom is 0.342 e. The number of aromatic nitrogens is 3. The molecule has 6 heteroatoms. The predicted octanol–water partition coefficient (Wildman–Crippen LogP) is 1.73. The quantitative estimate of drug-likeness (QED) is 0.850. The second-order valence-corrected chi connectivity index (χ2v) is 5.21. The molecule has 3 rings (SSSR count). The Kier molecular flexibility index (Phi) is 2.66. The summed E-state index contributed by atoms with van der Waals surface area (Å²) in [6.07, 6.45) is 2.69. The van der Waals surface area contributed by atoms with Crippen molar-refractivity contribution in [3.05, 3.63) is 17.5 Å². The number of nitrogens with two attached hydrogens (primary N) is 1. The topological polar surface area (TPSA) is 83.0 Å². The molecule has 19 heavy (non-hydrogen) atoms. The lowest BCUT2D eigenvalue weighted by Gasteiger charge is -2.07. The SMILES string of the molecule is CC(C)CCn1ncc2c(N)c3c(nc21)COC3=O. The van der Waals surface area contributed by atoms with Gasteiger partial charge in [0.15, 0.2) is 5.65 Å². The molecular weight excluding hydrogens is 244 g/mol. The van der Waals surface area contributed by atoms with Gasteiger partial charge in [-0.1, -0.05) is 13.8 Å². The first-order chi connectivity index (χ1) is 9.08. The second-order valence-electron chi connectivity index (χ2n) is 5.21. The summed E-state index contributed by atoms with van der Waals surface area (Å²) in [6.45, 7) is 5.32. The minimum absolute atomic E-state index is 0.198. The average Bonchev–Trinajstić information content (AvgIpc) is 2.92. The number of anilines is 1. The number of rotatable bonds is 3. The van der Waals surface area contributed by atoms with E-state index in [0.29, 0.717) is 22.9 Å². The van der Waals surface area contributed by atoms with Gasteiger partial charge in [-0.3, -0.25) is 0 Å². The van der Waals surface area contributed by atoms with Crippen LogP contribution in [0.1, 0.15) is 36.3 Å². The van der Waals surface area contributed by atoms with E-state index >= 15 is 0 Å². The molecule has 2 aromatic rings. The van der Waals surface area contributed by atoms with Crippen molar-refractivity contribution >= 4 is 22.7 Å². The Balaban J connectivity index is 2.10. The van der Waals surface area contributed by atoms with Crippen molar-refractivity contribution in [1.82, 2.24) is 14.8 Å². The van der Waals surface area contributed by atoms with Gasteiger partial charge in [-0.25, -0.2) is 14.5 Å². The summed E-state index contributed by atoms with van der Waals surface area (Å²) in [7, 11) is 0. The number of ether oxygens (including phenoxy) is 1. The molecule has 0 radical (unpaired) electrons. The number of cyclic esters (lactones) is 1. The van der Waals surface area contributed by atoms with Gasteiger partial charge in [0.2, 0.25) is 0 Å². The fourth-order valence-electron chi connectivity index (χ4n) is 2.24. The normalized spacial score (nSPS) is 14.2. The van der Waals surface area contributed by atoms with Crippen molar-refractivity contribution in [2.45, 2.75) is 33.4 Å². The molecule has 0 aliphatic carbocycles. The Labute approximate surface area is 110 Å². The Morgan fingerprint density at radius 1 is 1.53 bits per heavy atom. The van der Waals surface area contributed by atoms with Crippen molar-refractivity contribution in [2.75, 3.05) is 5.73 Å². The highest BCUT2D eigenvalue weighted by Crippen LogP contribution is 2.30. The number of carbonyl (C=O) groups excluding carboxylic acids is 1. The molecule has 0 saturated heterocycles. The Morgan fingerprint density at radius 3 is 3.05 bits per heavy atom. The Morgan fingerprint density at radius 2 is 2.32 bits per heavy atom. The number of esters is 1. The molecule has 0 amide bonds. The van der Waals surface area contributed by atoms with Crippen LogP contribution in [-0.4, -0.2) is 20.7 Å². The van der Waals surface area contributed by atoms with Gasteiger partial charge in [0.05, 0.1) is 23.0 Å². The van der Waals surface area contributed by atoms with Gasteiger partial charge in [0.25, 0.3) is 0 Å². The van der Waals surface area contributed by atoms with Crippen molar-refractivity contribution in [1.29, 1.82) is 0 Å². The van der Waals surface area contributed by atoms with E-state index in [4.69, 9.17) is 10.5 Å². The summed E-state index contributed by atoms with van der Waals surface area (Å²) in [5.74, 6) is 0.202. The molecule has 100 valence electrons. The van der Waals surface area contributed by atoms with E-state index in [2.05, 4.69) is 23.9 Å². The lowest BCUT2D eigenvalue weighted by atomic mass is 10.1. The fourth-order valence-corrected chi connectivity index (χ4v) is 2.24. The summed E-state index contributed by atoms with van der Waals surface area (Å²) in [4.78, 5) is 16.1. The van der Waals surface area contributed by atoms with E-state index in [0.717, 1.165) is 24.0 Å². The molecule has 6 nitrogen and oxygen atoms in total. The van der Waals surface area contributed by atoms with Crippen LogP contribution in [0.2, 0.25) is 0 Å². The largest absolute Gasteiger partial charge is 0.455 e. The first-order valence-electron chi connectivity index (χ1n) is 6.39. The van der Waals surface area contributed by atoms with Gasteiger partial charge in [-0.2, -0.15) is 5.10 Å². The molecule has 0 spiro atoms. The summed E-state index contributed by atoms with van der Waals surface area (Å²) in [5, 5.41) is 5.04. The molecular formula is C13H16N4O2. The highest BCUT2D eigenvalue weighted by Gasteiger charge is 2.28. The summed E-state index contributed by atoms with van der Waals surface area (Å²) in [6, 6.07) is 0. The molecule has 0 aromatic carbocycles. The highest BCUT2D eigenvalue weighted by molar-refractivity contribution is 6.05. The van der Waals surface area contributed by atoms with E-state index in [9.17, 15) is 4.79 Å². The molecule has 2 N–H and O–H groups in total. The minimum atomic E-state index is -0.392. The lowest BCUT2D eigenvalue weighted by Crippen LogP contribution is -2.06. The number of fused-ring (bicyclic) bond motifs is 2. The van der Waals surface area contributed by atoms with Gasteiger partial charge in [-0.05, 0) is 12.3 Å². The van der Waals surface area contributed by atoms with E-state index in [1.807, 2.05) is 4.68 Å². The Hall–Kier alpha value is -2.11. The third-order valence-electron chi connectivity index (χ3n) is 3.36. The van der Waals surface area contributed by atoms with Crippen LogP contribution in [0.3, 0.4) is 0 Å². The van der Waals surface area contributed by atoms with Crippen molar-refractivity contribution in [3.8, 4) is 0 Å². The molecule has 1 aliphatic heterocycles. The number of carbonyl (C=O) groups is 1. The third-order valence-corrected chi connectivity index (χ3v) is 3.36. The van der Waals surface area contributed by atoms with Crippen LogP contribution in [0, 0.1) is 5.92 Å². The summed E-state index contributed by atoms with van der Waals surface area (Å²) in [5.41, 5.74) is 8.21. The fraction of sp³-hybridized carbons (Fsp3) is 0.462.